The molecule has 1 atom stereocenters. The summed E-state index contributed by atoms with van der Waals surface area (Å²) in [5.74, 6) is 0. The smallest absolute Gasteiger partial charge is 0.184 e. The quantitative estimate of drug-likeness (QED) is 0.279. The fraction of sp³-hybridized carbons (Fsp3) is 1.00. The number of hydrogen-bond donors (Lipinski definition) is 0. The van der Waals surface area contributed by atoms with Gasteiger partial charge in [-0.1, -0.05) is 5.11 Å². The molecule has 0 saturated heterocycles. The molecule has 1 unspecified atom stereocenters. The van der Waals surface area contributed by atoms with Crippen LogP contribution in [-0.2, 0) is 4.43 Å². The van der Waals surface area contributed by atoms with Gasteiger partial charge in [0.25, 0.3) is 0 Å². The molecule has 0 aliphatic carbocycles. The van der Waals surface area contributed by atoms with E-state index in [-0.39, 0.29) is 6.10 Å². The van der Waals surface area contributed by atoms with Crippen LogP contribution in [0.4, 0.5) is 0 Å². The van der Waals surface area contributed by atoms with Gasteiger partial charge in [-0.2, -0.15) is 0 Å². The minimum Gasteiger partial charge on any atom is -0.415 e. The van der Waals surface area contributed by atoms with Crippen LogP contribution in [0.5, 0.6) is 0 Å². The molecule has 0 amide bonds. The number of azide groups is 1. The molecule has 0 fully saturated rings. The first-order valence-electron chi connectivity index (χ1n) is 3.64. The van der Waals surface area contributed by atoms with Crippen molar-refractivity contribution in [3.63, 3.8) is 0 Å². The van der Waals surface area contributed by atoms with Crippen molar-refractivity contribution in [2.75, 3.05) is 6.54 Å². The third-order valence-electron chi connectivity index (χ3n) is 0.957. The fourth-order valence-corrected chi connectivity index (χ4v) is 2.07. The molecule has 5 heteroatoms. The highest BCUT2D eigenvalue weighted by Crippen LogP contribution is 2.06. The SMILES string of the molecule is CC(CN=[N+]=[N-])O[Si](C)(C)C. The number of rotatable bonds is 4. The van der Waals surface area contributed by atoms with Gasteiger partial charge in [-0.3, -0.25) is 0 Å². The van der Waals surface area contributed by atoms with E-state index in [1.807, 2.05) is 6.92 Å². The second kappa shape index (κ2) is 4.38. The predicted molar refractivity (Wildman–Crippen MR) is 47.9 cm³/mol. The summed E-state index contributed by atoms with van der Waals surface area (Å²) in [4.78, 5) is 2.67. The van der Waals surface area contributed by atoms with Gasteiger partial charge in [-0.05, 0) is 32.1 Å². The monoisotopic (exact) mass is 173 g/mol. The highest BCUT2D eigenvalue weighted by Gasteiger charge is 2.17. The molecule has 11 heavy (non-hydrogen) atoms. The van der Waals surface area contributed by atoms with Crippen molar-refractivity contribution in [1.82, 2.24) is 0 Å². The molecule has 0 N–H and O–H groups in total. The van der Waals surface area contributed by atoms with Crippen molar-refractivity contribution in [3.05, 3.63) is 10.4 Å². The van der Waals surface area contributed by atoms with Gasteiger partial charge in [-0.15, -0.1) is 0 Å². The van der Waals surface area contributed by atoms with Gasteiger partial charge in [-0.25, -0.2) is 0 Å². The third-order valence-corrected chi connectivity index (χ3v) is 2.07. The largest absolute Gasteiger partial charge is 0.415 e. The summed E-state index contributed by atoms with van der Waals surface area (Å²) >= 11 is 0. The van der Waals surface area contributed by atoms with Crippen LogP contribution in [0.2, 0.25) is 19.6 Å². The van der Waals surface area contributed by atoms with E-state index in [0.29, 0.717) is 6.54 Å². The molecule has 0 aromatic carbocycles. The van der Waals surface area contributed by atoms with E-state index in [2.05, 4.69) is 29.7 Å². The standard InChI is InChI=1S/C6H15N3OSi/c1-6(5-8-9-7)10-11(2,3)4/h6H,5H2,1-4H3. The van der Waals surface area contributed by atoms with E-state index < -0.39 is 8.32 Å². The molecule has 0 radical (unpaired) electrons. The number of nitrogens with zero attached hydrogens (tertiary/aromatic N) is 3. The summed E-state index contributed by atoms with van der Waals surface area (Å²) in [5, 5.41) is 3.43. The van der Waals surface area contributed by atoms with Gasteiger partial charge in [0, 0.05) is 11.0 Å². The Morgan fingerprint density at radius 1 is 1.55 bits per heavy atom. The molecule has 0 aliphatic rings. The molecule has 0 aliphatic heterocycles. The average molecular weight is 173 g/mol. The van der Waals surface area contributed by atoms with Crippen molar-refractivity contribution in [2.45, 2.75) is 32.7 Å². The van der Waals surface area contributed by atoms with Crippen LogP contribution in [0.25, 0.3) is 10.4 Å². The van der Waals surface area contributed by atoms with Crippen molar-refractivity contribution in [2.24, 2.45) is 5.11 Å². The molecular formula is C6H15N3OSi. The van der Waals surface area contributed by atoms with Crippen LogP contribution in [0.15, 0.2) is 5.11 Å². The highest BCUT2D eigenvalue weighted by atomic mass is 28.4. The summed E-state index contributed by atoms with van der Waals surface area (Å²) in [7, 11) is -1.45. The van der Waals surface area contributed by atoms with Crippen LogP contribution < -0.4 is 0 Å². The lowest BCUT2D eigenvalue weighted by Gasteiger charge is -2.21. The molecule has 0 heterocycles. The zero-order chi connectivity index (χ0) is 8.91. The van der Waals surface area contributed by atoms with E-state index in [1.165, 1.54) is 0 Å². The van der Waals surface area contributed by atoms with Crippen LogP contribution in [0.3, 0.4) is 0 Å². The van der Waals surface area contributed by atoms with E-state index in [0.717, 1.165) is 0 Å². The summed E-state index contributed by atoms with van der Waals surface area (Å²) in [5.41, 5.74) is 8.03. The van der Waals surface area contributed by atoms with E-state index in [1.54, 1.807) is 0 Å². The molecule has 0 bridgehead atoms. The van der Waals surface area contributed by atoms with Crippen molar-refractivity contribution in [3.8, 4) is 0 Å². The summed E-state index contributed by atoms with van der Waals surface area (Å²) in [6.45, 7) is 8.69. The van der Waals surface area contributed by atoms with E-state index >= 15 is 0 Å². The van der Waals surface area contributed by atoms with Crippen LogP contribution in [-0.4, -0.2) is 21.0 Å². The predicted octanol–water partition coefficient (Wildman–Crippen LogP) is 2.54. The van der Waals surface area contributed by atoms with Crippen LogP contribution in [0, 0.1) is 0 Å². The second-order valence-electron chi connectivity index (χ2n) is 3.45. The van der Waals surface area contributed by atoms with Crippen molar-refractivity contribution >= 4 is 8.32 Å². The zero-order valence-electron chi connectivity index (χ0n) is 7.53. The average Bonchev–Trinajstić information content (AvgIpc) is 1.79. The maximum Gasteiger partial charge on any atom is 0.184 e. The first kappa shape index (κ1) is 10.5. The van der Waals surface area contributed by atoms with Gasteiger partial charge in [0.2, 0.25) is 0 Å². The Morgan fingerprint density at radius 3 is 2.45 bits per heavy atom. The lowest BCUT2D eigenvalue weighted by molar-refractivity contribution is 0.222. The van der Waals surface area contributed by atoms with Gasteiger partial charge >= 0.3 is 0 Å². The van der Waals surface area contributed by atoms with Gasteiger partial charge in [0.15, 0.2) is 8.32 Å². The Labute approximate surface area is 68.3 Å². The highest BCUT2D eigenvalue weighted by molar-refractivity contribution is 6.69. The van der Waals surface area contributed by atoms with Crippen LogP contribution >= 0.6 is 0 Å². The number of hydrogen-bond acceptors (Lipinski definition) is 2. The fourth-order valence-electron chi connectivity index (χ4n) is 0.792. The molecule has 4 nitrogen and oxygen atoms in total. The summed E-state index contributed by atoms with van der Waals surface area (Å²) < 4.78 is 5.61. The second-order valence-corrected chi connectivity index (χ2v) is 7.91. The molecule has 0 aromatic rings. The lowest BCUT2D eigenvalue weighted by atomic mass is 10.4. The van der Waals surface area contributed by atoms with Gasteiger partial charge < -0.3 is 4.43 Å². The Kier molecular flexibility index (Phi) is 4.18. The maximum atomic E-state index is 8.03. The molecular weight excluding hydrogens is 158 g/mol. The zero-order valence-corrected chi connectivity index (χ0v) is 8.53. The minimum atomic E-state index is -1.45. The first-order valence-corrected chi connectivity index (χ1v) is 7.05. The Hall–Kier alpha value is -0.513. The molecule has 0 saturated carbocycles. The lowest BCUT2D eigenvalue weighted by Crippen LogP contribution is -2.31. The Balaban J connectivity index is 3.69. The van der Waals surface area contributed by atoms with Crippen LogP contribution in [0.1, 0.15) is 6.92 Å². The normalized spacial score (nSPS) is 13.8. The molecule has 0 rings (SSSR count). The van der Waals surface area contributed by atoms with Gasteiger partial charge in [0.05, 0.1) is 6.54 Å². The topological polar surface area (TPSA) is 58.0 Å². The van der Waals surface area contributed by atoms with Crippen molar-refractivity contribution in [1.29, 1.82) is 0 Å². The summed E-state index contributed by atoms with van der Waals surface area (Å²) in [6, 6.07) is 0. The minimum absolute atomic E-state index is 0.0533. The molecule has 0 aromatic heterocycles. The van der Waals surface area contributed by atoms with E-state index in [4.69, 9.17) is 9.96 Å². The Bertz CT molecular complexity index is 160. The third kappa shape index (κ3) is 7.38. The van der Waals surface area contributed by atoms with Crippen molar-refractivity contribution < 1.29 is 4.43 Å². The molecule has 0 spiro atoms. The Morgan fingerprint density at radius 2 is 2.09 bits per heavy atom. The summed E-state index contributed by atoms with van der Waals surface area (Å²) in [6.07, 6.45) is 0.0533. The van der Waals surface area contributed by atoms with Gasteiger partial charge in [0.1, 0.15) is 0 Å². The first-order chi connectivity index (χ1) is 4.95. The molecule has 64 valence electrons. The maximum absolute atomic E-state index is 8.03. The van der Waals surface area contributed by atoms with E-state index in [9.17, 15) is 0 Å².